The lowest BCUT2D eigenvalue weighted by molar-refractivity contribution is -0.115. The van der Waals surface area contributed by atoms with Crippen LogP contribution >= 0.6 is 11.3 Å². The SMILES string of the molecule is CC(C)c1csc(NC(=O)CC#N)n1. The number of carbonyl (C=O) groups is 1. The minimum absolute atomic E-state index is 0.128. The number of hydrogen-bond donors (Lipinski definition) is 1. The van der Waals surface area contributed by atoms with Crippen molar-refractivity contribution in [2.45, 2.75) is 26.2 Å². The summed E-state index contributed by atoms with van der Waals surface area (Å²) in [5.74, 6) is 0.0463. The maximum absolute atomic E-state index is 11.0. The fourth-order valence-corrected chi connectivity index (χ4v) is 1.73. The highest BCUT2D eigenvalue weighted by Crippen LogP contribution is 2.21. The number of amides is 1. The maximum Gasteiger partial charge on any atom is 0.240 e. The monoisotopic (exact) mass is 209 g/mol. The smallest absolute Gasteiger partial charge is 0.240 e. The van der Waals surface area contributed by atoms with Gasteiger partial charge in [0.05, 0.1) is 11.8 Å². The third kappa shape index (κ3) is 2.82. The molecule has 1 aromatic heterocycles. The van der Waals surface area contributed by atoms with Gasteiger partial charge in [0.2, 0.25) is 5.91 Å². The van der Waals surface area contributed by atoms with Crippen LogP contribution in [-0.2, 0) is 4.79 Å². The zero-order valence-electron chi connectivity index (χ0n) is 8.07. The zero-order chi connectivity index (χ0) is 10.6. The predicted molar refractivity (Wildman–Crippen MR) is 55.1 cm³/mol. The zero-order valence-corrected chi connectivity index (χ0v) is 8.89. The van der Waals surface area contributed by atoms with E-state index in [4.69, 9.17) is 5.26 Å². The Labute approximate surface area is 86.6 Å². The van der Waals surface area contributed by atoms with Crippen molar-refractivity contribution < 1.29 is 4.79 Å². The van der Waals surface area contributed by atoms with Gasteiger partial charge in [-0.25, -0.2) is 4.98 Å². The number of aromatic nitrogens is 1. The fraction of sp³-hybridized carbons (Fsp3) is 0.444. The van der Waals surface area contributed by atoms with Gasteiger partial charge in [-0.1, -0.05) is 13.8 Å². The van der Waals surface area contributed by atoms with Gasteiger partial charge in [0.15, 0.2) is 5.13 Å². The Morgan fingerprint density at radius 3 is 3.00 bits per heavy atom. The molecule has 4 nitrogen and oxygen atoms in total. The second-order valence-electron chi connectivity index (χ2n) is 3.12. The normalized spacial score (nSPS) is 9.86. The van der Waals surface area contributed by atoms with E-state index in [1.165, 1.54) is 11.3 Å². The number of nitrogens with zero attached hydrogens (tertiary/aromatic N) is 2. The van der Waals surface area contributed by atoms with Crippen LogP contribution in [0.3, 0.4) is 0 Å². The molecule has 0 saturated carbocycles. The first kappa shape index (κ1) is 10.7. The standard InChI is InChI=1S/C9H11N3OS/c1-6(2)7-5-14-9(11-7)12-8(13)3-4-10/h5-6H,3H2,1-2H3,(H,11,12,13). The Balaban J connectivity index is 2.61. The number of thiazole rings is 1. The quantitative estimate of drug-likeness (QED) is 0.829. The topological polar surface area (TPSA) is 65.8 Å². The van der Waals surface area contributed by atoms with Gasteiger partial charge in [-0.15, -0.1) is 11.3 Å². The van der Waals surface area contributed by atoms with Crippen LogP contribution in [-0.4, -0.2) is 10.9 Å². The summed E-state index contributed by atoms with van der Waals surface area (Å²) < 4.78 is 0. The predicted octanol–water partition coefficient (Wildman–Crippen LogP) is 2.12. The molecule has 74 valence electrons. The van der Waals surface area contributed by atoms with Crippen LogP contribution in [0.5, 0.6) is 0 Å². The van der Waals surface area contributed by atoms with E-state index in [0.29, 0.717) is 11.0 Å². The highest BCUT2D eigenvalue weighted by Gasteiger charge is 2.07. The molecule has 0 fully saturated rings. The average Bonchev–Trinajstić information content (AvgIpc) is 2.53. The van der Waals surface area contributed by atoms with E-state index >= 15 is 0 Å². The molecule has 0 aromatic carbocycles. The Morgan fingerprint density at radius 2 is 2.50 bits per heavy atom. The molecule has 0 unspecified atom stereocenters. The Bertz CT molecular complexity index is 364. The van der Waals surface area contributed by atoms with Crippen molar-refractivity contribution in [1.29, 1.82) is 5.26 Å². The molecule has 14 heavy (non-hydrogen) atoms. The number of rotatable bonds is 3. The van der Waals surface area contributed by atoms with Crippen molar-refractivity contribution in [3.63, 3.8) is 0 Å². The van der Waals surface area contributed by atoms with Gasteiger partial charge in [0, 0.05) is 5.38 Å². The Hall–Kier alpha value is -1.41. The molecule has 5 heteroatoms. The van der Waals surface area contributed by atoms with Crippen molar-refractivity contribution >= 4 is 22.4 Å². The highest BCUT2D eigenvalue weighted by molar-refractivity contribution is 7.13. The summed E-state index contributed by atoms with van der Waals surface area (Å²) in [7, 11) is 0. The van der Waals surface area contributed by atoms with Gasteiger partial charge >= 0.3 is 0 Å². The molecule has 1 amide bonds. The molecule has 1 heterocycles. The van der Waals surface area contributed by atoms with Gasteiger partial charge in [-0.3, -0.25) is 4.79 Å². The second-order valence-corrected chi connectivity index (χ2v) is 3.97. The first-order valence-corrected chi connectivity index (χ1v) is 5.13. The lowest BCUT2D eigenvalue weighted by Gasteiger charge is -1.98. The molecule has 0 aliphatic carbocycles. The summed E-state index contributed by atoms with van der Waals surface area (Å²) in [4.78, 5) is 15.2. The molecule has 1 rings (SSSR count). The van der Waals surface area contributed by atoms with E-state index in [1.54, 1.807) is 6.07 Å². The van der Waals surface area contributed by atoms with Crippen LogP contribution in [0.4, 0.5) is 5.13 Å². The van der Waals surface area contributed by atoms with E-state index in [9.17, 15) is 4.79 Å². The molecule has 0 spiro atoms. The van der Waals surface area contributed by atoms with Crippen molar-refractivity contribution in [3.05, 3.63) is 11.1 Å². The van der Waals surface area contributed by atoms with E-state index in [-0.39, 0.29) is 12.3 Å². The summed E-state index contributed by atoms with van der Waals surface area (Å²) in [5, 5.41) is 13.3. The lowest BCUT2D eigenvalue weighted by atomic mass is 10.2. The average molecular weight is 209 g/mol. The first-order valence-electron chi connectivity index (χ1n) is 4.25. The van der Waals surface area contributed by atoms with E-state index in [1.807, 2.05) is 19.2 Å². The van der Waals surface area contributed by atoms with Crippen LogP contribution in [0.25, 0.3) is 0 Å². The minimum atomic E-state index is -0.308. The second kappa shape index (κ2) is 4.72. The van der Waals surface area contributed by atoms with Crippen molar-refractivity contribution in [2.75, 3.05) is 5.32 Å². The lowest BCUT2D eigenvalue weighted by Crippen LogP contribution is -2.09. The molecule has 0 aliphatic heterocycles. The van der Waals surface area contributed by atoms with Gasteiger partial charge < -0.3 is 5.32 Å². The molecule has 0 bridgehead atoms. The molecular weight excluding hydrogens is 198 g/mol. The van der Waals surface area contributed by atoms with E-state index in [2.05, 4.69) is 10.3 Å². The summed E-state index contributed by atoms with van der Waals surface area (Å²) in [6, 6.07) is 1.78. The Kier molecular flexibility index (Phi) is 3.60. The molecule has 0 saturated heterocycles. The van der Waals surface area contributed by atoms with Gasteiger partial charge in [-0.2, -0.15) is 5.26 Å². The van der Waals surface area contributed by atoms with Crippen molar-refractivity contribution in [2.24, 2.45) is 0 Å². The molecule has 1 aromatic rings. The largest absolute Gasteiger partial charge is 0.301 e. The summed E-state index contributed by atoms with van der Waals surface area (Å²) in [6.45, 7) is 4.08. The van der Waals surface area contributed by atoms with Gasteiger partial charge in [0.25, 0.3) is 0 Å². The van der Waals surface area contributed by atoms with Gasteiger partial charge in [0.1, 0.15) is 6.42 Å². The molecule has 0 atom stereocenters. The number of anilines is 1. The van der Waals surface area contributed by atoms with Gasteiger partial charge in [-0.05, 0) is 5.92 Å². The molecule has 0 aliphatic rings. The molecular formula is C9H11N3OS. The van der Waals surface area contributed by atoms with Crippen molar-refractivity contribution in [1.82, 2.24) is 4.98 Å². The van der Waals surface area contributed by atoms with Crippen LogP contribution in [0.1, 0.15) is 31.9 Å². The first-order chi connectivity index (χ1) is 6.63. The van der Waals surface area contributed by atoms with Crippen LogP contribution in [0.15, 0.2) is 5.38 Å². The number of nitriles is 1. The summed E-state index contributed by atoms with van der Waals surface area (Å²) in [6.07, 6.45) is -0.128. The minimum Gasteiger partial charge on any atom is -0.301 e. The van der Waals surface area contributed by atoms with Crippen LogP contribution in [0.2, 0.25) is 0 Å². The number of nitrogens with one attached hydrogen (secondary N) is 1. The van der Waals surface area contributed by atoms with E-state index < -0.39 is 0 Å². The fourth-order valence-electron chi connectivity index (χ4n) is 0.844. The summed E-state index contributed by atoms with van der Waals surface area (Å²) in [5.41, 5.74) is 0.960. The highest BCUT2D eigenvalue weighted by atomic mass is 32.1. The number of hydrogen-bond acceptors (Lipinski definition) is 4. The molecule has 1 N–H and O–H groups in total. The van der Waals surface area contributed by atoms with E-state index in [0.717, 1.165) is 5.69 Å². The third-order valence-corrected chi connectivity index (χ3v) is 2.38. The summed E-state index contributed by atoms with van der Waals surface area (Å²) >= 11 is 1.38. The Morgan fingerprint density at radius 1 is 1.79 bits per heavy atom. The van der Waals surface area contributed by atoms with Crippen LogP contribution in [0, 0.1) is 11.3 Å². The number of carbonyl (C=O) groups excluding carboxylic acids is 1. The van der Waals surface area contributed by atoms with Crippen LogP contribution < -0.4 is 5.32 Å². The van der Waals surface area contributed by atoms with Crippen molar-refractivity contribution in [3.8, 4) is 6.07 Å². The molecule has 0 radical (unpaired) electrons. The third-order valence-electron chi connectivity index (χ3n) is 1.60. The maximum atomic E-state index is 11.0.